The molecule has 7 nitrogen and oxygen atoms in total. The summed E-state index contributed by atoms with van der Waals surface area (Å²) in [5.74, 6) is -0.262. The largest absolute Gasteiger partial charge is 0.370 e. The molecule has 2 aliphatic rings. The molecule has 1 fully saturated rings. The summed E-state index contributed by atoms with van der Waals surface area (Å²) in [5, 5.41) is 8.92. The second-order valence-electron chi connectivity index (χ2n) is 7.28. The Morgan fingerprint density at radius 1 is 1.44 bits per heavy atom. The van der Waals surface area contributed by atoms with Gasteiger partial charge in [0.15, 0.2) is 0 Å². The van der Waals surface area contributed by atoms with E-state index in [0.717, 1.165) is 28.8 Å². The first kappa shape index (κ1) is 16.4. The maximum atomic E-state index is 14.0. The third kappa shape index (κ3) is 2.63. The fraction of sp³-hybridized carbons (Fsp3) is 0.421. The Labute approximate surface area is 155 Å². The highest BCUT2D eigenvalue weighted by atomic mass is 19.1. The SMILES string of the molecule is Cc1[nH]c2c(F)cccc2c1CC(=O)N1CC[C@H]2OCc3cnnn3[C@@H]2C1. The Bertz CT molecular complexity index is 1030. The minimum absolute atomic E-state index is 0.00420. The van der Waals surface area contributed by atoms with Crippen molar-refractivity contribution in [2.75, 3.05) is 13.1 Å². The molecule has 4 heterocycles. The van der Waals surface area contributed by atoms with E-state index in [4.69, 9.17) is 4.74 Å². The number of hydrogen-bond donors (Lipinski definition) is 1. The van der Waals surface area contributed by atoms with Crippen LogP contribution in [0.15, 0.2) is 24.4 Å². The molecule has 1 aromatic carbocycles. The van der Waals surface area contributed by atoms with Crippen LogP contribution < -0.4 is 0 Å². The molecule has 1 saturated heterocycles. The molecule has 140 valence electrons. The normalized spacial score (nSPS) is 21.9. The number of H-pyrrole nitrogens is 1. The van der Waals surface area contributed by atoms with E-state index < -0.39 is 0 Å². The lowest BCUT2D eigenvalue weighted by atomic mass is 9.99. The number of carbonyl (C=O) groups is 1. The molecule has 0 spiro atoms. The lowest BCUT2D eigenvalue weighted by Gasteiger charge is -2.41. The number of ether oxygens (including phenoxy) is 1. The molecule has 0 bridgehead atoms. The summed E-state index contributed by atoms with van der Waals surface area (Å²) in [6.07, 6.45) is 2.79. The number of nitrogens with zero attached hydrogens (tertiary/aromatic N) is 4. The van der Waals surface area contributed by atoms with Gasteiger partial charge in [-0.3, -0.25) is 4.79 Å². The van der Waals surface area contributed by atoms with E-state index >= 15 is 0 Å². The quantitative estimate of drug-likeness (QED) is 0.751. The van der Waals surface area contributed by atoms with Crippen LogP contribution >= 0.6 is 0 Å². The van der Waals surface area contributed by atoms with Crippen LogP contribution in [0.4, 0.5) is 4.39 Å². The number of aromatic nitrogens is 4. The van der Waals surface area contributed by atoms with Crippen LogP contribution in [-0.2, 0) is 22.6 Å². The molecule has 1 N–H and O–H groups in total. The molecule has 8 heteroatoms. The number of aromatic amines is 1. The van der Waals surface area contributed by atoms with Gasteiger partial charge in [0, 0.05) is 24.2 Å². The molecular weight excluding hydrogens is 349 g/mol. The summed E-state index contributed by atoms with van der Waals surface area (Å²) >= 11 is 0. The van der Waals surface area contributed by atoms with Crippen molar-refractivity contribution in [3.63, 3.8) is 0 Å². The highest BCUT2D eigenvalue weighted by Gasteiger charge is 2.37. The first-order valence-corrected chi connectivity index (χ1v) is 9.16. The number of benzene rings is 1. The predicted octanol–water partition coefficient (Wildman–Crippen LogP) is 2.12. The monoisotopic (exact) mass is 369 g/mol. The summed E-state index contributed by atoms with van der Waals surface area (Å²) < 4.78 is 21.8. The molecule has 3 aromatic rings. The van der Waals surface area contributed by atoms with Crippen LogP contribution in [0.5, 0.6) is 0 Å². The molecule has 0 aliphatic carbocycles. The Hall–Kier alpha value is -2.74. The van der Waals surface area contributed by atoms with E-state index in [-0.39, 0.29) is 30.3 Å². The van der Waals surface area contributed by atoms with Gasteiger partial charge in [-0.1, -0.05) is 17.3 Å². The van der Waals surface area contributed by atoms with Crippen molar-refractivity contribution >= 4 is 16.8 Å². The molecule has 0 unspecified atom stereocenters. The van der Waals surface area contributed by atoms with Crippen molar-refractivity contribution in [2.45, 2.75) is 38.5 Å². The molecular formula is C19H20FN5O2. The van der Waals surface area contributed by atoms with Crippen molar-refractivity contribution in [1.29, 1.82) is 0 Å². The Kier molecular flexibility index (Phi) is 3.75. The van der Waals surface area contributed by atoms with E-state index in [1.165, 1.54) is 6.07 Å². The van der Waals surface area contributed by atoms with E-state index in [2.05, 4.69) is 15.3 Å². The van der Waals surface area contributed by atoms with Gasteiger partial charge < -0.3 is 14.6 Å². The number of amides is 1. The molecule has 0 radical (unpaired) electrons. The Morgan fingerprint density at radius 3 is 3.22 bits per heavy atom. The molecule has 0 saturated carbocycles. The van der Waals surface area contributed by atoms with Crippen LogP contribution in [0, 0.1) is 12.7 Å². The molecule has 27 heavy (non-hydrogen) atoms. The van der Waals surface area contributed by atoms with Gasteiger partial charge in [-0.25, -0.2) is 9.07 Å². The van der Waals surface area contributed by atoms with Crippen LogP contribution in [0.3, 0.4) is 0 Å². The maximum absolute atomic E-state index is 14.0. The zero-order valence-corrected chi connectivity index (χ0v) is 15.0. The van der Waals surface area contributed by atoms with Gasteiger partial charge >= 0.3 is 0 Å². The molecule has 2 atom stereocenters. The fourth-order valence-electron chi connectivity index (χ4n) is 4.26. The summed E-state index contributed by atoms with van der Waals surface area (Å²) in [4.78, 5) is 17.9. The molecule has 1 amide bonds. The second-order valence-corrected chi connectivity index (χ2v) is 7.28. The maximum Gasteiger partial charge on any atom is 0.227 e. The number of halogens is 1. The van der Waals surface area contributed by atoms with Crippen molar-refractivity contribution in [3.05, 3.63) is 47.2 Å². The van der Waals surface area contributed by atoms with E-state index in [1.54, 1.807) is 12.3 Å². The van der Waals surface area contributed by atoms with E-state index in [1.807, 2.05) is 22.6 Å². The average molecular weight is 369 g/mol. The average Bonchev–Trinajstić information content (AvgIpc) is 3.27. The highest BCUT2D eigenvalue weighted by Crippen LogP contribution is 2.31. The highest BCUT2D eigenvalue weighted by molar-refractivity contribution is 5.90. The first-order valence-electron chi connectivity index (χ1n) is 9.16. The summed E-state index contributed by atoms with van der Waals surface area (Å²) in [7, 11) is 0. The van der Waals surface area contributed by atoms with Gasteiger partial charge in [0.2, 0.25) is 5.91 Å². The van der Waals surface area contributed by atoms with Gasteiger partial charge in [-0.15, -0.1) is 5.10 Å². The van der Waals surface area contributed by atoms with Gasteiger partial charge in [0.1, 0.15) is 5.82 Å². The topological polar surface area (TPSA) is 76.0 Å². The number of aryl methyl sites for hydroxylation is 1. The van der Waals surface area contributed by atoms with E-state index in [0.29, 0.717) is 25.2 Å². The summed E-state index contributed by atoms with van der Waals surface area (Å²) in [6.45, 7) is 3.60. The van der Waals surface area contributed by atoms with Gasteiger partial charge in [-0.2, -0.15) is 0 Å². The van der Waals surface area contributed by atoms with Gasteiger partial charge in [-0.05, 0) is 25.0 Å². The van der Waals surface area contributed by atoms with Gasteiger partial charge in [0.25, 0.3) is 0 Å². The van der Waals surface area contributed by atoms with Gasteiger partial charge in [0.05, 0.1) is 42.6 Å². The predicted molar refractivity (Wildman–Crippen MR) is 95.5 cm³/mol. The minimum Gasteiger partial charge on any atom is -0.370 e. The third-order valence-corrected chi connectivity index (χ3v) is 5.71. The second kappa shape index (κ2) is 6.16. The zero-order chi connectivity index (χ0) is 18.5. The number of likely N-dealkylation sites (tertiary alicyclic amines) is 1. The zero-order valence-electron chi connectivity index (χ0n) is 15.0. The Morgan fingerprint density at radius 2 is 2.33 bits per heavy atom. The van der Waals surface area contributed by atoms with Crippen molar-refractivity contribution < 1.29 is 13.9 Å². The van der Waals surface area contributed by atoms with Crippen LogP contribution in [0.2, 0.25) is 0 Å². The van der Waals surface area contributed by atoms with Crippen LogP contribution in [-0.4, -0.2) is 50.0 Å². The number of fused-ring (bicyclic) bond motifs is 4. The first-order chi connectivity index (χ1) is 13.1. The van der Waals surface area contributed by atoms with Crippen molar-refractivity contribution in [2.24, 2.45) is 0 Å². The van der Waals surface area contributed by atoms with Crippen LogP contribution in [0.25, 0.3) is 10.9 Å². The smallest absolute Gasteiger partial charge is 0.227 e. The van der Waals surface area contributed by atoms with E-state index in [9.17, 15) is 9.18 Å². The van der Waals surface area contributed by atoms with Crippen molar-refractivity contribution in [3.8, 4) is 0 Å². The molecule has 2 aromatic heterocycles. The van der Waals surface area contributed by atoms with Crippen LogP contribution in [0.1, 0.15) is 29.4 Å². The van der Waals surface area contributed by atoms with Crippen molar-refractivity contribution in [1.82, 2.24) is 24.9 Å². The molecule has 5 rings (SSSR count). The number of nitrogens with one attached hydrogen (secondary N) is 1. The Balaban J connectivity index is 1.39. The number of hydrogen-bond acceptors (Lipinski definition) is 4. The number of para-hydroxylation sites is 1. The number of rotatable bonds is 2. The standard InChI is InChI=1S/C19H20FN5O2/c1-11-14(13-3-2-4-15(20)19(13)22-11)7-18(26)24-6-5-17-16(9-24)25-12(10-27-17)8-21-23-25/h2-4,8,16-17,22H,5-7,9-10H2,1H3/t16-,17-/m1/s1. The lowest BCUT2D eigenvalue weighted by Crippen LogP contribution is -2.50. The number of carbonyl (C=O) groups excluding carboxylic acids is 1. The lowest BCUT2D eigenvalue weighted by molar-refractivity contribution is -0.137. The fourth-order valence-corrected chi connectivity index (χ4v) is 4.26. The molecule has 2 aliphatic heterocycles. The third-order valence-electron chi connectivity index (χ3n) is 5.71. The minimum atomic E-state index is -0.298. The summed E-state index contributed by atoms with van der Waals surface area (Å²) in [5.41, 5.74) is 3.09. The summed E-state index contributed by atoms with van der Waals surface area (Å²) in [6, 6.07) is 4.95. The number of piperidine rings is 1.